The molecule has 2 N–H and O–H groups in total. The minimum absolute atomic E-state index is 0.490. The molecule has 5 nitrogen and oxygen atoms in total. The Balaban J connectivity index is 2.21. The maximum atomic E-state index is 5.66. The number of nitrogens with zero attached hydrogens (tertiary/aromatic N) is 3. The molecule has 15 heavy (non-hydrogen) atoms. The average Bonchev–Trinajstić information content (AvgIpc) is 2.58. The van der Waals surface area contributed by atoms with Crippen LogP contribution in [0.3, 0.4) is 0 Å². The molecule has 0 atom stereocenters. The zero-order valence-corrected chi connectivity index (χ0v) is 9.21. The summed E-state index contributed by atoms with van der Waals surface area (Å²) >= 11 is 1.32. The van der Waals surface area contributed by atoms with E-state index in [-0.39, 0.29) is 0 Å². The van der Waals surface area contributed by atoms with Crippen LogP contribution in [-0.2, 0) is 0 Å². The first kappa shape index (κ1) is 9.97. The standard InChI is InChI=1S/C9H10N4OS/c1-5-7(10)3-4-8(11-5)15-9-13-12-6(2)14-9/h3-4H,10H2,1-2H3. The van der Waals surface area contributed by atoms with Crippen LogP contribution in [0.25, 0.3) is 0 Å². The minimum Gasteiger partial charge on any atom is -0.416 e. The van der Waals surface area contributed by atoms with Crippen molar-refractivity contribution in [1.29, 1.82) is 0 Å². The lowest BCUT2D eigenvalue weighted by atomic mass is 10.3. The first-order valence-corrected chi connectivity index (χ1v) is 5.18. The monoisotopic (exact) mass is 222 g/mol. The molecular weight excluding hydrogens is 212 g/mol. The van der Waals surface area contributed by atoms with Crippen LogP contribution in [-0.4, -0.2) is 15.2 Å². The molecule has 2 aromatic heterocycles. The van der Waals surface area contributed by atoms with E-state index in [1.807, 2.05) is 19.1 Å². The number of aromatic nitrogens is 3. The second kappa shape index (κ2) is 3.90. The van der Waals surface area contributed by atoms with Crippen molar-refractivity contribution in [3.8, 4) is 0 Å². The van der Waals surface area contributed by atoms with E-state index in [9.17, 15) is 0 Å². The topological polar surface area (TPSA) is 77.8 Å². The summed E-state index contributed by atoms with van der Waals surface area (Å²) < 4.78 is 5.23. The van der Waals surface area contributed by atoms with E-state index in [0.29, 0.717) is 16.8 Å². The minimum atomic E-state index is 0.490. The van der Waals surface area contributed by atoms with Gasteiger partial charge in [-0.1, -0.05) is 0 Å². The molecule has 0 aliphatic carbocycles. The number of nitrogens with two attached hydrogens (primary N) is 1. The lowest BCUT2D eigenvalue weighted by molar-refractivity contribution is 0.429. The van der Waals surface area contributed by atoms with Crippen LogP contribution in [0.15, 0.2) is 26.8 Å². The van der Waals surface area contributed by atoms with Crippen LogP contribution in [0.4, 0.5) is 5.69 Å². The molecule has 0 amide bonds. The maximum absolute atomic E-state index is 5.66. The molecule has 0 spiro atoms. The Kier molecular flexibility index (Phi) is 2.59. The van der Waals surface area contributed by atoms with E-state index in [1.54, 1.807) is 6.92 Å². The summed E-state index contributed by atoms with van der Waals surface area (Å²) in [6.45, 7) is 3.61. The fourth-order valence-corrected chi connectivity index (χ4v) is 1.76. The van der Waals surface area contributed by atoms with Gasteiger partial charge in [0.2, 0.25) is 5.89 Å². The van der Waals surface area contributed by atoms with Crippen molar-refractivity contribution in [2.75, 3.05) is 5.73 Å². The number of rotatable bonds is 2. The van der Waals surface area contributed by atoms with Crippen molar-refractivity contribution in [2.24, 2.45) is 0 Å². The van der Waals surface area contributed by atoms with Gasteiger partial charge < -0.3 is 10.2 Å². The highest BCUT2D eigenvalue weighted by molar-refractivity contribution is 7.99. The average molecular weight is 222 g/mol. The van der Waals surface area contributed by atoms with Crippen molar-refractivity contribution in [2.45, 2.75) is 24.1 Å². The van der Waals surface area contributed by atoms with Gasteiger partial charge in [0, 0.05) is 6.92 Å². The third-order valence-corrected chi connectivity index (χ3v) is 2.58. The summed E-state index contributed by atoms with van der Waals surface area (Å²) in [5.74, 6) is 0.546. The van der Waals surface area contributed by atoms with Gasteiger partial charge in [0.05, 0.1) is 11.4 Å². The Hall–Kier alpha value is -1.56. The molecule has 2 aromatic rings. The van der Waals surface area contributed by atoms with Crippen LogP contribution in [0.5, 0.6) is 0 Å². The highest BCUT2D eigenvalue weighted by atomic mass is 32.2. The number of hydrogen-bond donors (Lipinski definition) is 1. The first-order chi connectivity index (χ1) is 7.15. The SMILES string of the molecule is Cc1nnc(Sc2ccc(N)c(C)n2)o1. The second-order valence-electron chi connectivity index (χ2n) is 3.01. The molecule has 2 rings (SSSR count). The summed E-state index contributed by atoms with van der Waals surface area (Å²) in [6.07, 6.45) is 0. The Morgan fingerprint density at radius 1 is 1.27 bits per heavy atom. The van der Waals surface area contributed by atoms with Gasteiger partial charge in [0.15, 0.2) is 0 Å². The number of anilines is 1. The Morgan fingerprint density at radius 2 is 2.07 bits per heavy atom. The smallest absolute Gasteiger partial charge is 0.282 e. The first-order valence-electron chi connectivity index (χ1n) is 4.36. The summed E-state index contributed by atoms with van der Waals surface area (Å²) in [6, 6.07) is 3.64. The van der Waals surface area contributed by atoms with Crippen molar-refractivity contribution < 1.29 is 4.42 Å². The molecule has 0 unspecified atom stereocenters. The van der Waals surface area contributed by atoms with E-state index < -0.39 is 0 Å². The predicted molar refractivity (Wildman–Crippen MR) is 56.5 cm³/mol. The lowest BCUT2D eigenvalue weighted by Gasteiger charge is -2.00. The van der Waals surface area contributed by atoms with Gasteiger partial charge >= 0.3 is 0 Å². The van der Waals surface area contributed by atoms with Gasteiger partial charge in [-0.15, -0.1) is 10.2 Å². The van der Waals surface area contributed by atoms with Crippen LogP contribution in [0, 0.1) is 13.8 Å². The molecule has 0 saturated carbocycles. The molecule has 2 heterocycles. The molecule has 0 radical (unpaired) electrons. The van der Waals surface area contributed by atoms with Crippen LogP contribution in [0.1, 0.15) is 11.6 Å². The lowest BCUT2D eigenvalue weighted by Crippen LogP contribution is -1.93. The summed E-state index contributed by atoms with van der Waals surface area (Å²) in [5.41, 5.74) is 7.15. The fraction of sp³-hybridized carbons (Fsp3) is 0.222. The Morgan fingerprint density at radius 3 is 2.67 bits per heavy atom. The molecular formula is C9H10N4OS. The van der Waals surface area contributed by atoms with E-state index in [4.69, 9.17) is 10.2 Å². The molecule has 0 bridgehead atoms. The fourth-order valence-electron chi connectivity index (χ4n) is 1.01. The zero-order chi connectivity index (χ0) is 10.8. The van der Waals surface area contributed by atoms with Gasteiger partial charge in [-0.05, 0) is 30.8 Å². The third kappa shape index (κ3) is 2.27. The molecule has 0 saturated heterocycles. The largest absolute Gasteiger partial charge is 0.416 e. The quantitative estimate of drug-likeness (QED) is 0.835. The molecule has 6 heteroatoms. The van der Waals surface area contributed by atoms with E-state index >= 15 is 0 Å². The zero-order valence-electron chi connectivity index (χ0n) is 8.39. The number of hydrogen-bond acceptors (Lipinski definition) is 6. The van der Waals surface area contributed by atoms with Gasteiger partial charge in [-0.3, -0.25) is 0 Å². The van der Waals surface area contributed by atoms with E-state index in [0.717, 1.165) is 10.7 Å². The van der Waals surface area contributed by atoms with Crippen LogP contribution >= 0.6 is 11.8 Å². The van der Waals surface area contributed by atoms with E-state index in [1.165, 1.54) is 11.8 Å². The Bertz CT molecular complexity index is 483. The van der Waals surface area contributed by atoms with Crippen molar-refractivity contribution in [3.05, 3.63) is 23.7 Å². The normalized spacial score (nSPS) is 10.5. The summed E-state index contributed by atoms with van der Waals surface area (Å²) in [7, 11) is 0. The Labute approximate surface area is 91.1 Å². The second-order valence-corrected chi connectivity index (χ2v) is 3.98. The van der Waals surface area contributed by atoms with Gasteiger partial charge in [-0.2, -0.15) is 0 Å². The maximum Gasteiger partial charge on any atom is 0.282 e. The number of pyridine rings is 1. The molecule has 0 fully saturated rings. The van der Waals surface area contributed by atoms with Crippen molar-refractivity contribution >= 4 is 17.4 Å². The summed E-state index contributed by atoms with van der Waals surface area (Å²) in [4.78, 5) is 4.29. The van der Waals surface area contributed by atoms with Gasteiger partial charge in [0.25, 0.3) is 5.22 Å². The van der Waals surface area contributed by atoms with Gasteiger partial charge in [-0.25, -0.2) is 4.98 Å². The van der Waals surface area contributed by atoms with Crippen molar-refractivity contribution in [3.63, 3.8) is 0 Å². The number of nitrogen functional groups attached to an aromatic ring is 1. The van der Waals surface area contributed by atoms with Crippen LogP contribution in [0.2, 0.25) is 0 Å². The molecule has 78 valence electrons. The number of aryl methyl sites for hydroxylation is 2. The van der Waals surface area contributed by atoms with E-state index in [2.05, 4.69) is 15.2 Å². The predicted octanol–water partition coefficient (Wildman–Crippen LogP) is 1.81. The molecule has 0 aliphatic rings. The summed E-state index contributed by atoms with van der Waals surface area (Å²) in [5, 5.41) is 8.89. The third-order valence-electron chi connectivity index (χ3n) is 1.80. The molecule has 0 aliphatic heterocycles. The van der Waals surface area contributed by atoms with Crippen LogP contribution < -0.4 is 5.73 Å². The van der Waals surface area contributed by atoms with Crippen molar-refractivity contribution in [1.82, 2.24) is 15.2 Å². The highest BCUT2D eigenvalue weighted by Gasteiger charge is 2.06. The molecule has 0 aromatic carbocycles. The highest BCUT2D eigenvalue weighted by Crippen LogP contribution is 2.25. The van der Waals surface area contributed by atoms with Gasteiger partial charge in [0.1, 0.15) is 5.03 Å².